The number of nitrogens with zero attached hydrogens (tertiary/aromatic N) is 1. The van der Waals surface area contributed by atoms with Crippen LogP contribution in [0.3, 0.4) is 0 Å². The van der Waals surface area contributed by atoms with E-state index in [9.17, 15) is 13.2 Å². The van der Waals surface area contributed by atoms with E-state index in [0.717, 1.165) is 27.9 Å². The summed E-state index contributed by atoms with van der Waals surface area (Å²) in [6.45, 7) is 0.546. The van der Waals surface area contributed by atoms with Crippen LogP contribution in [0.2, 0.25) is 4.34 Å². The molecule has 2 aromatic carbocycles. The van der Waals surface area contributed by atoms with Gasteiger partial charge in [0.2, 0.25) is 5.91 Å². The number of carbonyl (C=O) groups excluding carboxylic acids is 1. The largest absolute Gasteiger partial charge is 0.496 e. The van der Waals surface area contributed by atoms with Crippen molar-refractivity contribution in [1.82, 2.24) is 4.31 Å². The highest BCUT2D eigenvalue weighted by atomic mass is 35.5. The molecule has 3 aromatic rings. The molecule has 1 aromatic heterocycles. The van der Waals surface area contributed by atoms with E-state index in [0.29, 0.717) is 29.4 Å². The van der Waals surface area contributed by atoms with Gasteiger partial charge in [-0.25, -0.2) is 8.42 Å². The molecule has 1 unspecified atom stereocenters. The molecule has 1 aliphatic rings. The molecule has 1 atom stereocenters. The van der Waals surface area contributed by atoms with Gasteiger partial charge in [0.25, 0.3) is 10.0 Å². The summed E-state index contributed by atoms with van der Waals surface area (Å²) >= 11 is 6.94. The second-order valence-corrected chi connectivity index (χ2v) is 11.0. The van der Waals surface area contributed by atoms with Gasteiger partial charge in [-0.15, -0.1) is 11.3 Å². The molecule has 0 bridgehead atoms. The summed E-state index contributed by atoms with van der Waals surface area (Å²) in [4.78, 5) is 13.0. The summed E-state index contributed by atoms with van der Waals surface area (Å²) < 4.78 is 33.2. The summed E-state index contributed by atoms with van der Waals surface area (Å²) in [7, 11) is -2.04. The molecule has 0 saturated carbocycles. The molecule has 1 saturated heterocycles. The number of benzene rings is 2. The number of hydrogen-bond acceptors (Lipinski definition) is 5. The second-order valence-electron chi connectivity index (χ2n) is 7.11. The molecule has 4 rings (SSSR count). The minimum absolute atomic E-state index is 0.151. The third-order valence-electron chi connectivity index (χ3n) is 5.26. The monoisotopic (exact) mass is 464 g/mol. The van der Waals surface area contributed by atoms with Gasteiger partial charge in [0, 0.05) is 29.5 Å². The molecule has 6 nitrogen and oxygen atoms in total. The first-order valence-electron chi connectivity index (χ1n) is 9.52. The molecule has 1 N–H and O–H groups in total. The van der Waals surface area contributed by atoms with Crippen LogP contribution >= 0.6 is 22.9 Å². The lowest BCUT2D eigenvalue weighted by Gasteiger charge is -2.30. The molecule has 1 aliphatic heterocycles. The second kappa shape index (κ2) is 8.55. The molecular formula is C21H21ClN2O4S2. The van der Waals surface area contributed by atoms with Crippen molar-refractivity contribution in [3.8, 4) is 5.75 Å². The third kappa shape index (κ3) is 4.05. The number of hydrogen-bond donors (Lipinski definition) is 1. The molecule has 158 valence electrons. The lowest BCUT2D eigenvalue weighted by molar-refractivity contribution is -0.120. The summed E-state index contributed by atoms with van der Waals surface area (Å²) in [6, 6.07) is 14.4. The normalized spacial score (nSPS) is 17.7. The van der Waals surface area contributed by atoms with E-state index in [1.54, 1.807) is 13.2 Å². The van der Waals surface area contributed by atoms with Crippen LogP contribution in [-0.2, 0) is 14.8 Å². The SMILES string of the molecule is COc1ccc(NC(=O)C2CCCN(S(=O)(=O)c3ccc(Cl)s3)C2)c2ccccc12. The average Bonchev–Trinajstić information content (AvgIpc) is 3.21. The van der Waals surface area contributed by atoms with Crippen LogP contribution in [-0.4, -0.2) is 38.8 Å². The maximum absolute atomic E-state index is 13.0. The van der Waals surface area contributed by atoms with E-state index >= 15 is 0 Å². The summed E-state index contributed by atoms with van der Waals surface area (Å²) in [6.07, 6.45) is 1.26. The van der Waals surface area contributed by atoms with Crippen molar-refractivity contribution in [2.24, 2.45) is 5.92 Å². The van der Waals surface area contributed by atoms with Crippen molar-refractivity contribution < 1.29 is 17.9 Å². The maximum atomic E-state index is 13.0. The summed E-state index contributed by atoms with van der Waals surface area (Å²) in [5.41, 5.74) is 0.682. The van der Waals surface area contributed by atoms with E-state index in [4.69, 9.17) is 16.3 Å². The number of amides is 1. The van der Waals surface area contributed by atoms with E-state index < -0.39 is 15.9 Å². The highest BCUT2D eigenvalue weighted by Crippen LogP contribution is 2.33. The molecule has 0 aliphatic carbocycles. The number of piperidine rings is 1. The van der Waals surface area contributed by atoms with E-state index in [-0.39, 0.29) is 16.7 Å². The quantitative estimate of drug-likeness (QED) is 0.598. The molecule has 1 amide bonds. The number of carbonyl (C=O) groups is 1. The van der Waals surface area contributed by atoms with Gasteiger partial charge in [-0.2, -0.15) is 4.31 Å². The average molecular weight is 465 g/mol. The van der Waals surface area contributed by atoms with Crippen LogP contribution in [0, 0.1) is 5.92 Å². The minimum Gasteiger partial charge on any atom is -0.496 e. The first-order valence-corrected chi connectivity index (χ1v) is 12.2. The third-order valence-corrected chi connectivity index (χ3v) is 8.82. The van der Waals surface area contributed by atoms with Crippen molar-refractivity contribution in [2.45, 2.75) is 17.1 Å². The van der Waals surface area contributed by atoms with Gasteiger partial charge in [-0.3, -0.25) is 4.79 Å². The number of nitrogens with one attached hydrogen (secondary N) is 1. The molecular weight excluding hydrogens is 444 g/mol. The van der Waals surface area contributed by atoms with Crippen molar-refractivity contribution in [3.05, 3.63) is 52.9 Å². The summed E-state index contributed by atoms with van der Waals surface area (Å²) in [5, 5.41) is 4.76. The number of methoxy groups -OCH3 is 1. The van der Waals surface area contributed by atoms with Crippen LogP contribution in [0.1, 0.15) is 12.8 Å². The Hall–Kier alpha value is -2.13. The topological polar surface area (TPSA) is 75.7 Å². The Morgan fingerprint density at radius 3 is 2.63 bits per heavy atom. The zero-order valence-corrected chi connectivity index (χ0v) is 18.7. The summed E-state index contributed by atoms with van der Waals surface area (Å²) in [5.74, 6) is 0.118. The van der Waals surface area contributed by atoms with Crippen LogP contribution in [0.25, 0.3) is 10.8 Å². The van der Waals surface area contributed by atoms with Gasteiger partial charge in [0.1, 0.15) is 9.96 Å². The van der Waals surface area contributed by atoms with Crippen LogP contribution < -0.4 is 10.1 Å². The number of anilines is 1. The van der Waals surface area contributed by atoms with Crippen molar-refractivity contribution in [1.29, 1.82) is 0 Å². The standard InChI is InChI=1S/C21H21ClN2O4S2/c1-28-18-9-8-17(15-6-2-3-7-16(15)18)23-21(25)14-5-4-12-24(13-14)30(26,27)20-11-10-19(22)29-20/h2-3,6-11,14H,4-5,12-13H2,1H3,(H,23,25). The van der Waals surface area contributed by atoms with Gasteiger partial charge in [-0.05, 0) is 37.1 Å². The Bertz CT molecular complexity index is 1190. The fourth-order valence-corrected chi connectivity index (χ4v) is 6.89. The lowest BCUT2D eigenvalue weighted by atomic mass is 9.98. The molecule has 1 fully saturated rings. The van der Waals surface area contributed by atoms with Crippen LogP contribution in [0.4, 0.5) is 5.69 Å². The van der Waals surface area contributed by atoms with Gasteiger partial charge in [0.15, 0.2) is 0 Å². The molecule has 2 heterocycles. The van der Waals surface area contributed by atoms with Gasteiger partial charge in [-0.1, -0.05) is 35.9 Å². The predicted octanol–water partition coefficient (Wildman–Crippen LogP) is 4.60. The van der Waals surface area contributed by atoms with Crippen molar-refractivity contribution in [2.75, 3.05) is 25.5 Å². The van der Waals surface area contributed by atoms with Gasteiger partial charge >= 0.3 is 0 Å². The first kappa shape index (κ1) is 21.1. The smallest absolute Gasteiger partial charge is 0.252 e. The van der Waals surface area contributed by atoms with Crippen LogP contribution in [0.15, 0.2) is 52.7 Å². The van der Waals surface area contributed by atoms with E-state index in [2.05, 4.69) is 5.32 Å². The van der Waals surface area contributed by atoms with Crippen molar-refractivity contribution in [3.63, 3.8) is 0 Å². The van der Waals surface area contributed by atoms with Gasteiger partial charge in [0.05, 0.1) is 17.4 Å². The Balaban J connectivity index is 1.54. The predicted molar refractivity (Wildman–Crippen MR) is 120 cm³/mol. The maximum Gasteiger partial charge on any atom is 0.252 e. The Morgan fingerprint density at radius 1 is 1.17 bits per heavy atom. The Labute approximate surface area is 184 Å². The van der Waals surface area contributed by atoms with E-state index in [1.807, 2.05) is 36.4 Å². The molecule has 30 heavy (non-hydrogen) atoms. The number of rotatable bonds is 5. The van der Waals surface area contributed by atoms with Crippen molar-refractivity contribution >= 4 is 55.3 Å². The number of halogens is 1. The Morgan fingerprint density at radius 2 is 1.93 bits per heavy atom. The number of ether oxygens (including phenoxy) is 1. The zero-order chi connectivity index (χ0) is 21.3. The molecule has 0 spiro atoms. The van der Waals surface area contributed by atoms with Crippen LogP contribution in [0.5, 0.6) is 5.75 Å². The van der Waals surface area contributed by atoms with Gasteiger partial charge < -0.3 is 10.1 Å². The molecule has 0 radical (unpaired) electrons. The minimum atomic E-state index is -3.65. The fourth-order valence-electron chi connectivity index (χ4n) is 3.73. The molecule has 9 heteroatoms. The highest BCUT2D eigenvalue weighted by molar-refractivity contribution is 7.91. The Kier molecular flexibility index (Phi) is 6.02. The number of fused-ring (bicyclic) bond motifs is 1. The highest BCUT2D eigenvalue weighted by Gasteiger charge is 2.34. The lowest BCUT2D eigenvalue weighted by Crippen LogP contribution is -2.43. The number of thiophene rings is 1. The number of sulfonamides is 1. The fraction of sp³-hybridized carbons (Fsp3) is 0.286. The first-order chi connectivity index (χ1) is 14.4. The van der Waals surface area contributed by atoms with E-state index in [1.165, 1.54) is 10.4 Å². The zero-order valence-electron chi connectivity index (χ0n) is 16.3.